The minimum Gasteiger partial charge on any atom is -0.0624 e. The molecule has 0 aromatic heterocycles. The van der Waals surface area contributed by atoms with E-state index in [0.717, 1.165) is 13.1 Å². The van der Waals surface area contributed by atoms with Gasteiger partial charge in [0.2, 0.25) is 0 Å². The zero-order valence-electron chi connectivity index (χ0n) is 24.5. The quantitative estimate of drug-likeness (QED) is 0.169. The molecule has 41 heavy (non-hydrogen) atoms. The zero-order valence-corrected chi connectivity index (χ0v) is 29.1. The molecule has 0 amide bonds. The summed E-state index contributed by atoms with van der Waals surface area (Å²) in [6, 6.07) is 49.8. The van der Waals surface area contributed by atoms with Crippen molar-refractivity contribution >= 4 is 59.1 Å². The summed E-state index contributed by atoms with van der Waals surface area (Å²) in [6.45, 7) is 1.89. The molecule has 5 aromatic carbocycles. The van der Waals surface area contributed by atoms with Gasteiger partial charge < -0.3 is 0 Å². The van der Waals surface area contributed by atoms with Crippen molar-refractivity contribution in [1.82, 2.24) is 9.80 Å². The standard InChI is InChI=1S/C18H15Si.2C9H12N.ClH.Sn/c1-4-10-16(11-5-1)19(17-12-6-2-7-13-17)18-14-8-3-9-15-18;2*1-10(2)8-9-6-4-3-5-7-9;;/h1-15H;2*3-6H,8H2,1-2H3;1H;/q;;;;+1/p-1. The van der Waals surface area contributed by atoms with Crippen molar-refractivity contribution in [2.75, 3.05) is 28.2 Å². The smallest absolute Gasteiger partial charge is 0.0624 e. The predicted molar refractivity (Wildman–Crippen MR) is 183 cm³/mol. The maximum absolute atomic E-state index is 7.07. The van der Waals surface area contributed by atoms with Crippen molar-refractivity contribution in [2.45, 2.75) is 13.1 Å². The minimum atomic E-state index is -2.35. The number of hydrogen-bond acceptors (Lipinski definition) is 2. The van der Waals surface area contributed by atoms with Crippen LogP contribution in [0.15, 0.2) is 140 Å². The Balaban J connectivity index is 0.000000191. The van der Waals surface area contributed by atoms with Crippen molar-refractivity contribution in [3.63, 3.8) is 0 Å². The van der Waals surface area contributed by atoms with Gasteiger partial charge in [0.15, 0.2) is 8.80 Å². The topological polar surface area (TPSA) is 6.48 Å². The SMILES string of the molecule is CN(C)Cc1cccc[c]1[Sn]([Cl])[c]1ccccc1CN(C)C.c1ccc([Si](c2ccccc2)c2ccccc2)cc1. The predicted octanol–water partition coefficient (Wildman–Crippen LogP) is 4.36. The minimum absolute atomic E-state index is 0.877. The second-order valence-electron chi connectivity index (χ2n) is 10.6. The normalized spacial score (nSPS) is 11.1. The first kappa shape index (κ1) is 31.3. The van der Waals surface area contributed by atoms with E-state index >= 15 is 0 Å². The molecule has 0 aliphatic heterocycles. The van der Waals surface area contributed by atoms with Gasteiger partial charge in [-0.2, -0.15) is 0 Å². The number of hydrogen-bond donors (Lipinski definition) is 0. The van der Waals surface area contributed by atoms with E-state index in [9.17, 15) is 0 Å². The fraction of sp³-hybridized carbons (Fsp3) is 0.167. The Bertz CT molecular complexity index is 1320. The average Bonchev–Trinajstić information content (AvgIpc) is 2.99. The van der Waals surface area contributed by atoms with Crippen LogP contribution >= 0.6 is 8.92 Å². The molecule has 5 heteroatoms. The van der Waals surface area contributed by atoms with E-state index in [2.05, 4.69) is 178 Å². The number of rotatable bonds is 9. The van der Waals surface area contributed by atoms with Crippen LogP contribution in [0.5, 0.6) is 0 Å². The maximum atomic E-state index is 7.07. The molecule has 0 saturated carbocycles. The van der Waals surface area contributed by atoms with Gasteiger partial charge in [-0.3, -0.25) is 0 Å². The van der Waals surface area contributed by atoms with Gasteiger partial charge in [-0.1, -0.05) is 107 Å². The Morgan fingerprint density at radius 3 is 1.07 bits per heavy atom. The summed E-state index contributed by atoms with van der Waals surface area (Å²) >= 11 is -2.35. The molecular formula is C36H39ClN2SiSn. The molecule has 0 heterocycles. The summed E-state index contributed by atoms with van der Waals surface area (Å²) < 4.78 is 2.79. The molecular weight excluding hydrogens is 643 g/mol. The molecule has 0 spiro atoms. The Hall–Kier alpha value is -2.67. The van der Waals surface area contributed by atoms with Gasteiger partial charge in [0.1, 0.15) is 0 Å². The van der Waals surface area contributed by atoms with Gasteiger partial charge in [-0.25, -0.2) is 0 Å². The summed E-state index contributed by atoms with van der Waals surface area (Å²) in [7, 11) is 14.6. The van der Waals surface area contributed by atoms with Gasteiger partial charge in [0.05, 0.1) is 0 Å². The van der Waals surface area contributed by atoms with Crippen LogP contribution in [0.2, 0.25) is 0 Å². The van der Waals surface area contributed by atoms with E-state index in [4.69, 9.17) is 8.92 Å². The Morgan fingerprint density at radius 2 is 0.756 bits per heavy atom. The Labute approximate surface area is 259 Å². The molecule has 0 aliphatic carbocycles. The third-order valence-corrected chi connectivity index (χ3v) is 17.6. The van der Waals surface area contributed by atoms with Gasteiger partial charge in [-0.05, 0) is 0 Å². The van der Waals surface area contributed by atoms with Crippen molar-refractivity contribution in [3.05, 3.63) is 151 Å². The van der Waals surface area contributed by atoms with Crippen molar-refractivity contribution in [2.24, 2.45) is 0 Å². The second-order valence-corrected chi connectivity index (χ2v) is 20.5. The van der Waals surface area contributed by atoms with Crippen LogP contribution in [0.1, 0.15) is 11.1 Å². The first-order valence-electron chi connectivity index (χ1n) is 14.0. The second kappa shape index (κ2) is 16.1. The molecule has 0 fully saturated rings. The molecule has 5 aromatic rings. The van der Waals surface area contributed by atoms with E-state index in [-0.39, 0.29) is 0 Å². The Morgan fingerprint density at radius 1 is 0.463 bits per heavy atom. The molecule has 0 saturated heterocycles. The van der Waals surface area contributed by atoms with Crippen LogP contribution in [0.3, 0.4) is 0 Å². The number of halogens is 1. The van der Waals surface area contributed by atoms with Gasteiger partial charge in [0, 0.05) is 0 Å². The molecule has 0 atom stereocenters. The van der Waals surface area contributed by atoms with Crippen LogP contribution in [-0.2, 0) is 13.1 Å². The largest absolute Gasteiger partial charge is 0.154 e. The van der Waals surface area contributed by atoms with Crippen molar-refractivity contribution in [3.8, 4) is 0 Å². The van der Waals surface area contributed by atoms with Gasteiger partial charge >= 0.3 is 145 Å². The van der Waals surface area contributed by atoms with Crippen LogP contribution in [-0.4, -0.2) is 65.4 Å². The van der Waals surface area contributed by atoms with Gasteiger partial charge in [-0.15, -0.1) is 0 Å². The summed E-state index contributed by atoms with van der Waals surface area (Å²) in [6.07, 6.45) is 0. The summed E-state index contributed by atoms with van der Waals surface area (Å²) in [4.78, 5) is 4.41. The van der Waals surface area contributed by atoms with Crippen LogP contribution in [0.4, 0.5) is 0 Å². The van der Waals surface area contributed by atoms with Crippen molar-refractivity contribution < 1.29 is 0 Å². The number of benzene rings is 5. The fourth-order valence-corrected chi connectivity index (χ4v) is 14.7. The summed E-state index contributed by atoms with van der Waals surface area (Å²) in [5.41, 5.74) is 2.74. The molecule has 2 radical (unpaired) electrons. The third kappa shape index (κ3) is 9.16. The van der Waals surface area contributed by atoms with Crippen molar-refractivity contribution in [1.29, 1.82) is 0 Å². The molecule has 0 aliphatic rings. The van der Waals surface area contributed by atoms with E-state index in [1.807, 2.05) is 0 Å². The maximum Gasteiger partial charge on any atom is 0.154 e. The Kier molecular flexibility index (Phi) is 12.3. The first-order chi connectivity index (χ1) is 19.9. The third-order valence-electron chi connectivity index (χ3n) is 6.67. The average molecular weight is 682 g/mol. The number of nitrogens with zero attached hydrogens (tertiary/aromatic N) is 2. The van der Waals surface area contributed by atoms with E-state index in [0.29, 0.717) is 0 Å². The van der Waals surface area contributed by atoms with Crippen LogP contribution in [0, 0.1) is 0 Å². The molecule has 0 unspecified atom stereocenters. The molecule has 0 bridgehead atoms. The summed E-state index contributed by atoms with van der Waals surface area (Å²) in [5.74, 6) is 0. The zero-order chi connectivity index (χ0) is 29.0. The fourth-order valence-electron chi connectivity index (χ4n) is 4.89. The van der Waals surface area contributed by atoms with Gasteiger partial charge in [0.25, 0.3) is 0 Å². The monoisotopic (exact) mass is 682 g/mol. The molecule has 208 valence electrons. The van der Waals surface area contributed by atoms with E-state index in [1.165, 1.54) is 33.8 Å². The van der Waals surface area contributed by atoms with E-state index < -0.39 is 27.4 Å². The molecule has 5 rings (SSSR count). The first-order valence-corrected chi connectivity index (χ1v) is 21.9. The molecule has 0 N–H and O–H groups in total. The van der Waals surface area contributed by atoms with Crippen LogP contribution < -0.4 is 22.7 Å². The van der Waals surface area contributed by atoms with E-state index in [1.54, 1.807) is 0 Å². The van der Waals surface area contributed by atoms with Crippen LogP contribution in [0.25, 0.3) is 0 Å². The molecule has 2 nitrogen and oxygen atoms in total. The summed E-state index contributed by atoms with van der Waals surface area (Å²) in [5, 5.41) is 4.31.